The second kappa shape index (κ2) is 8.26. The molecule has 0 aliphatic rings. The van der Waals surface area contributed by atoms with Crippen LogP contribution in [0.2, 0.25) is 5.02 Å². The summed E-state index contributed by atoms with van der Waals surface area (Å²) in [7, 11) is 0. The van der Waals surface area contributed by atoms with E-state index in [0.717, 1.165) is 16.9 Å². The lowest BCUT2D eigenvalue weighted by molar-refractivity contribution is 0.571. The predicted octanol–water partition coefficient (Wildman–Crippen LogP) is 3.84. The zero-order valence-electron chi connectivity index (χ0n) is 15.4. The van der Waals surface area contributed by atoms with Crippen LogP contribution in [0.3, 0.4) is 0 Å². The van der Waals surface area contributed by atoms with Crippen LogP contribution in [-0.4, -0.2) is 4.57 Å². The Morgan fingerprint density at radius 3 is 2.40 bits per heavy atom. The van der Waals surface area contributed by atoms with E-state index in [4.69, 9.17) is 16.0 Å². The summed E-state index contributed by atoms with van der Waals surface area (Å²) in [6, 6.07) is 23.5. The molecule has 0 saturated carbocycles. The summed E-state index contributed by atoms with van der Waals surface area (Å²) in [6.07, 6.45) is 1.60. The highest BCUT2D eigenvalue weighted by atomic mass is 35.5. The van der Waals surface area contributed by atoms with Crippen molar-refractivity contribution in [3.05, 3.63) is 97.1 Å². The molecule has 0 fully saturated rings. The van der Waals surface area contributed by atoms with Gasteiger partial charge in [0.25, 0.3) is 5.56 Å². The molecular formula is C23H12ClN3O2S. The molecule has 4 aromatic rings. The molecule has 144 valence electrons. The Kier molecular flexibility index (Phi) is 5.36. The highest BCUT2D eigenvalue weighted by Gasteiger charge is 2.12. The first kappa shape index (κ1) is 19.5. The molecule has 0 bridgehead atoms. The molecule has 2 aromatic carbocycles. The number of furan rings is 1. The summed E-state index contributed by atoms with van der Waals surface area (Å²) >= 11 is 7.29. The van der Waals surface area contributed by atoms with E-state index >= 15 is 0 Å². The van der Waals surface area contributed by atoms with Crippen LogP contribution in [0.4, 0.5) is 0 Å². The van der Waals surface area contributed by atoms with E-state index < -0.39 is 0 Å². The SMILES string of the molecule is N#CC(C#N)=c1sc(=Cc2ccc(-c3ccccc3Cl)o2)c(=O)n1-c1ccccc1. The third-order valence-electron chi connectivity index (χ3n) is 4.31. The maximum absolute atomic E-state index is 13.1. The minimum absolute atomic E-state index is 0.128. The first-order chi connectivity index (χ1) is 14.6. The number of halogens is 1. The number of thiazole rings is 1. The topological polar surface area (TPSA) is 82.7 Å². The Balaban J connectivity index is 1.92. The van der Waals surface area contributed by atoms with Crippen LogP contribution in [0.15, 0.2) is 75.9 Å². The highest BCUT2D eigenvalue weighted by Crippen LogP contribution is 2.29. The van der Waals surface area contributed by atoms with Crippen molar-refractivity contribution in [3.63, 3.8) is 0 Å². The highest BCUT2D eigenvalue weighted by molar-refractivity contribution is 7.07. The Labute approximate surface area is 180 Å². The number of para-hydroxylation sites is 1. The Morgan fingerprint density at radius 2 is 1.70 bits per heavy atom. The Hall–Kier alpha value is -3.84. The minimum Gasteiger partial charge on any atom is -0.457 e. The second-order valence-electron chi connectivity index (χ2n) is 6.17. The smallest absolute Gasteiger partial charge is 0.273 e. The fourth-order valence-electron chi connectivity index (χ4n) is 2.95. The Bertz CT molecular complexity index is 1480. The van der Waals surface area contributed by atoms with Gasteiger partial charge in [-0.25, -0.2) is 0 Å². The molecule has 0 aliphatic heterocycles. The molecule has 0 N–H and O–H groups in total. The van der Waals surface area contributed by atoms with Crippen molar-refractivity contribution in [3.8, 4) is 29.1 Å². The van der Waals surface area contributed by atoms with E-state index in [0.29, 0.717) is 26.8 Å². The number of nitriles is 2. The van der Waals surface area contributed by atoms with Crippen LogP contribution in [-0.2, 0) is 0 Å². The zero-order chi connectivity index (χ0) is 21.1. The lowest BCUT2D eigenvalue weighted by Gasteiger charge is -2.00. The molecule has 5 nitrogen and oxygen atoms in total. The monoisotopic (exact) mass is 429 g/mol. The molecule has 0 saturated heterocycles. The largest absolute Gasteiger partial charge is 0.457 e. The third-order valence-corrected chi connectivity index (χ3v) is 5.74. The van der Waals surface area contributed by atoms with Gasteiger partial charge in [-0.05, 0) is 36.4 Å². The van der Waals surface area contributed by atoms with Crippen LogP contribution < -0.4 is 14.8 Å². The molecule has 7 heteroatoms. The fourth-order valence-corrected chi connectivity index (χ4v) is 4.21. The van der Waals surface area contributed by atoms with Crippen molar-refractivity contribution in [2.45, 2.75) is 0 Å². The van der Waals surface area contributed by atoms with E-state index in [1.807, 2.05) is 36.4 Å². The number of rotatable bonds is 3. The van der Waals surface area contributed by atoms with Crippen LogP contribution >= 0.6 is 22.9 Å². The van der Waals surface area contributed by atoms with E-state index in [-0.39, 0.29) is 15.8 Å². The number of aromatic nitrogens is 1. The van der Waals surface area contributed by atoms with Gasteiger partial charge in [0.05, 0.1) is 15.2 Å². The minimum atomic E-state index is -0.333. The summed E-state index contributed by atoms with van der Waals surface area (Å²) in [4.78, 5) is 13.1. The van der Waals surface area contributed by atoms with Gasteiger partial charge < -0.3 is 4.42 Å². The van der Waals surface area contributed by atoms with Crippen molar-refractivity contribution in [1.29, 1.82) is 10.5 Å². The lowest BCUT2D eigenvalue weighted by Crippen LogP contribution is -2.30. The second-order valence-corrected chi connectivity index (χ2v) is 7.61. The van der Waals surface area contributed by atoms with Crippen molar-refractivity contribution < 1.29 is 4.42 Å². The molecule has 0 aliphatic carbocycles. The van der Waals surface area contributed by atoms with Crippen molar-refractivity contribution in [2.24, 2.45) is 0 Å². The third kappa shape index (κ3) is 3.58. The first-order valence-electron chi connectivity index (χ1n) is 8.80. The van der Waals surface area contributed by atoms with Crippen LogP contribution in [0.5, 0.6) is 0 Å². The molecule has 2 aromatic heterocycles. The van der Waals surface area contributed by atoms with E-state index in [1.165, 1.54) is 4.57 Å². The van der Waals surface area contributed by atoms with E-state index in [9.17, 15) is 15.3 Å². The van der Waals surface area contributed by atoms with Gasteiger partial charge in [-0.2, -0.15) is 10.5 Å². The normalized spacial score (nSPS) is 11.1. The quantitative estimate of drug-likeness (QED) is 0.495. The zero-order valence-corrected chi connectivity index (χ0v) is 16.9. The average molecular weight is 430 g/mol. The van der Waals surface area contributed by atoms with Gasteiger partial charge in [-0.15, -0.1) is 11.3 Å². The van der Waals surface area contributed by atoms with E-state index in [2.05, 4.69) is 0 Å². The van der Waals surface area contributed by atoms with Gasteiger partial charge in [0.1, 0.15) is 28.3 Å². The molecule has 0 radical (unpaired) electrons. The lowest BCUT2D eigenvalue weighted by atomic mass is 10.2. The summed E-state index contributed by atoms with van der Waals surface area (Å²) < 4.78 is 7.85. The Morgan fingerprint density at radius 1 is 1.00 bits per heavy atom. The number of hydrogen-bond donors (Lipinski definition) is 0. The van der Waals surface area contributed by atoms with E-state index in [1.54, 1.807) is 48.5 Å². The van der Waals surface area contributed by atoms with Gasteiger partial charge >= 0.3 is 0 Å². The average Bonchev–Trinajstić information content (AvgIpc) is 3.35. The summed E-state index contributed by atoms with van der Waals surface area (Å²) in [5, 5.41) is 19.2. The molecule has 0 atom stereocenters. The van der Waals surface area contributed by atoms with Gasteiger partial charge in [-0.3, -0.25) is 9.36 Å². The van der Waals surface area contributed by atoms with Gasteiger partial charge in [-0.1, -0.05) is 41.9 Å². The first-order valence-corrected chi connectivity index (χ1v) is 10.00. The van der Waals surface area contributed by atoms with Crippen LogP contribution in [0, 0.1) is 22.7 Å². The molecule has 0 spiro atoms. The molecular weight excluding hydrogens is 418 g/mol. The van der Waals surface area contributed by atoms with Gasteiger partial charge in [0.2, 0.25) is 0 Å². The predicted molar refractivity (Wildman–Crippen MR) is 117 cm³/mol. The van der Waals surface area contributed by atoms with Gasteiger partial charge in [0, 0.05) is 11.6 Å². The van der Waals surface area contributed by atoms with Crippen molar-refractivity contribution in [2.75, 3.05) is 0 Å². The van der Waals surface area contributed by atoms with Crippen LogP contribution in [0.25, 0.3) is 28.7 Å². The maximum atomic E-state index is 13.1. The van der Waals surface area contributed by atoms with Crippen LogP contribution in [0.1, 0.15) is 5.76 Å². The molecule has 30 heavy (non-hydrogen) atoms. The number of nitrogens with zero attached hydrogens (tertiary/aromatic N) is 3. The van der Waals surface area contributed by atoms with Crippen molar-refractivity contribution >= 4 is 34.6 Å². The maximum Gasteiger partial charge on any atom is 0.273 e. The summed E-state index contributed by atoms with van der Waals surface area (Å²) in [5.74, 6) is 1.04. The molecule has 0 amide bonds. The standard InChI is InChI=1S/C23H12ClN3O2S/c24-19-9-5-4-8-18(19)20-11-10-17(29-20)12-21-22(28)27(16-6-2-1-3-7-16)23(30-21)15(13-25)14-26/h1-12H. The van der Waals surface area contributed by atoms with Gasteiger partial charge in [0.15, 0.2) is 5.57 Å². The molecule has 2 heterocycles. The summed E-state index contributed by atoms with van der Waals surface area (Å²) in [6.45, 7) is 0. The number of hydrogen-bond acceptors (Lipinski definition) is 5. The fraction of sp³-hybridized carbons (Fsp3) is 0. The summed E-state index contributed by atoms with van der Waals surface area (Å²) in [5.41, 5.74) is 0.862. The number of benzene rings is 2. The van der Waals surface area contributed by atoms with Crippen molar-refractivity contribution in [1.82, 2.24) is 4.57 Å². The molecule has 4 rings (SSSR count). The molecule has 0 unspecified atom stereocenters.